The normalized spacial score (nSPS) is 11.8. The summed E-state index contributed by atoms with van der Waals surface area (Å²) >= 11 is 0. The van der Waals surface area contributed by atoms with E-state index in [1.54, 1.807) is 18.2 Å². The number of nitrogens with one attached hydrogen (secondary N) is 1. The average Bonchev–Trinajstić information content (AvgIpc) is 2.81. The van der Waals surface area contributed by atoms with Gasteiger partial charge in [-0.25, -0.2) is 4.79 Å². The topological polar surface area (TPSA) is 124 Å². The zero-order chi connectivity index (χ0) is 25.0. The zero-order valence-electron chi connectivity index (χ0n) is 19.6. The van der Waals surface area contributed by atoms with Gasteiger partial charge < -0.3 is 29.1 Å². The molecule has 9 nitrogen and oxygen atoms in total. The highest BCUT2D eigenvalue weighted by atomic mass is 16.5. The Hall–Kier alpha value is -4.01. The number of carbonyl (C=O) groups is 2. The molecule has 1 aromatic heterocycles. The summed E-state index contributed by atoms with van der Waals surface area (Å²) in [4.78, 5) is 37.2. The Morgan fingerprint density at radius 3 is 2.32 bits per heavy atom. The first-order valence-corrected chi connectivity index (χ1v) is 10.6. The van der Waals surface area contributed by atoms with Gasteiger partial charge in [0, 0.05) is 23.3 Å². The molecule has 0 fully saturated rings. The Labute approximate surface area is 196 Å². The molecule has 0 aliphatic heterocycles. The van der Waals surface area contributed by atoms with Crippen molar-refractivity contribution in [2.45, 2.75) is 26.3 Å². The number of hydrogen-bond acceptors (Lipinski definition) is 7. The molecule has 1 heterocycles. The summed E-state index contributed by atoms with van der Waals surface area (Å²) in [6, 6.07) is 8.22. The van der Waals surface area contributed by atoms with Crippen molar-refractivity contribution in [2.24, 2.45) is 5.92 Å². The van der Waals surface area contributed by atoms with E-state index in [-0.39, 0.29) is 45.1 Å². The van der Waals surface area contributed by atoms with Crippen molar-refractivity contribution in [1.82, 2.24) is 5.32 Å². The summed E-state index contributed by atoms with van der Waals surface area (Å²) in [5, 5.41) is 12.2. The molecule has 3 aromatic rings. The molecule has 0 saturated heterocycles. The molecular formula is C25H27NO8. The van der Waals surface area contributed by atoms with Crippen LogP contribution in [-0.4, -0.2) is 44.4 Å². The van der Waals surface area contributed by atoms with Gasteiger partial charge in [0.1, 0.15) is 22.8 Å². The van der Waals surface area contributed by atoms with Gasteiger partial charge in [-0.3, -0.25) is 9.59 Å². The third-order valence-corrected chi connectivity index (χ3v) is 5.24. The van der Waals surface area contributed by atoms with Crippen LogP contribution in [0.15, 0.2) is 45.6 Å². The largest absolute Gasteiger partial charge is 0.493 e. The van der Waals surface area contributed by atoms with E-state index >= 15 is 0 Å². The molecule has 34 heavy (non-hydrogen) atoms. The highest BCUT2D eigenvalue weighted by Gasteiger charge is 2.23. The Bertz CT molecular complexity index is 1280. The molecule has 1 atom stereocenters. The Kier molecular flexibility index (Phi) is 7.45. The Morgan fingerprint density at radius 2 is 1.74 bits per heavy atom. The maximum atomic E-state index is 13.0. The van der Waals surface area contributed by atoms with E-state index in [9.17, 15) is 19.5 Å². The van der Waals surface area contributed by atoms with Crippen LogP contribution < -0.4 is 25.0 Å². The van der Waals surface area contributed by atoms with E-state index in [4.69, 9.17) is 18.6 Å². The van der Waals surface area contributed by atoms with E-state index in [0.29, 0.717) is 17.7 Å². The molecule has 0 spiro atoms. The lowest BCUT2D eigenvalue weighted by molar-refractivity contribution is -0.139. The second kappa shape index (κ2) is 10.3. The number of aliphatic carboxylic acids is 1. The first-order valence-electron chi connectivity index (χ1n) is 10.6. The minimum Gasteiger partial charge on any atom is -0.493 e. The molecule has 1 amide bonds. The number of carbonyl (C=O) groups excluding carboxylic acids is 1. The van der Waals surface area contributed by atoms with Crippen molar-refractivity contribution >= 4 is 22.8 Å². The van der Waals surface area contributed by atoms with Crippen LogP contribution in [0.25, 0.3) is 22.3 Å². The van der Waals surface area contributed by atoms with E-state index in [1.165, 1.54) is 39.5 Å². The molecule has 0 aliphatic carbocycles. The molecule has 0 unspecified atom stereocenters. The molecule has 0 radical (unpaired) electrons. The third kappa shape index (κ3) is 4.98. The van der Waals surface area contributed by atoms with Crippen LogP contribution in [0.3, 0.4) is 0 Å². The minimum absolute atomic E-state index is 0.0900. The number of carboxylic acid groups (broad SMARTS) is 1. The highest BCUT2D eigenvalue weighted by molar-refractivity contribution is 5.97. The minimum atomic E-state index is -1.10. The lowest BCUT2D eigenvalue weighted by Gasteiger charge is -2.17. The predicted molar refractivity (Wildman–Crippen MR) is 126 cm³/mol. The van der Waals surface area contributed by atoms with Crippen LogP contribution in [0.2, 0.25) is 0 Å². The maximum absolute atomic E-state index is 13.0. The van der Waals surface area contributed by atoms with Crippen LogP contribution >= 0.6 is 0 Å². The summed E-state index contributed by atoms with van der Waals surface area (Å²) in [5.41, 5.74) is 0.554. The molecule has 2 N–H and O–H groups in total. The fraction of sp³-hybridized carbons (Fsp3) is 0.320. The van der Waals surface area contributed by atoms with E-state index in [0.717, 1.165) is 0 Å². The summed E-state index contributed by atoms with van der Waals surface area (Å²) < 4.78 is 22.0. The van der Waals surface area contributed by atoms with Gasteiger partial charge >= 0.3 is 5.97 Å². The van der Waals surface area contributed by atoms with Crippen molar-refractivity contribution in [1.29, 1.82) is 0 Å². The molecule has 3 rings (SSSR count). The highest BCUT2D eigenvalue weighted by Crippen LogP contribution is 2.42. The fourth-order valence-corrected chi connectivity index (χ4v) is 3.68. The molecule has 2 aromatic carbocycles. The van der Waals surface area contributed by atoms with Crippen molar-refractivity contribution in [2.75, 3.05) is 21.3 Å². The number of methoxy groups -OCH3 is 3. The standard InChI is InChI=1S/C25H27NO8/c1-13(2)9-16(25(29)30)26-24(28)15-8-6-7-14(10-15)18-11-17(27)21-19(34-18)12-20(31-3)22(32-4)23(21)33-5/h6-8,10-13,16H,9H2,1-5H3,(H,26,28)(H,29,30)/t16-/m0/s1. The van der Waals surface area contributed by atoms with E-state index in [2.05, 4.69) is 5.32 Å². The lowest BCUT2D eigenvalue weighted by Crippen LogP contribution is -2.41. The van der Waals surface area contributed by atoms with Gasteiger partial charge in [-0.15, -0.1) is 0 Å². The second-order valence-electron chi connectivity index (χ2n) is 8.07. The van der Waals surface area contributed by atoms with E-state index < -0.39 is 17.9 Å². The third-order valence-electron chi connectivity index (χ3n) is 5.24. The first-order chi connectivity index (χ1) is 16.2. The number of hydrogen-bond donors (Lipinski definition) is 2. The molecular weight excluding hydrogens is 442 g/mol. The van der Waals surface area contributed by atoms with Gasteiger partial charge in [0.2, 0.25) is 5.75 Å². The van der Waals surface area contributed by atoms with Crippen molar-refractivity contribution in [3.05, 3.63) is 52.2 Å². The smallest absolute Gasteiger partial charge is 0.326 e. The quantitative estimate of drug-likeness (QED) is 0.486. The van der Waals surface area contributed by atoms with Gasteiger partial charge in [0.15, 0.2) is 16.9 Å². The van der Waals surface area contributed by atoms with Crippen LogP contribution in [0.1, 0.15) is 30.6 Å². The molecule has 9 heteroatoms. The van der Waals surface area contributed by atoms with Crippen LogP contribution in [0, 0.1) is 5.92 Å². The number of amides is 1. The monoisotopic (exact) mass is 469 g/mol. The number of fused-ring (bicyclic) bond motifs is 1. The number of benzene rings is 2. The van der Waals surface area contributed by atoms with Gasteiger partial charge in [-0.1, -0.05) is 26.0 Å². The summed E-state index contributed by atoms with van der Waals surface area (Å²) in [7, 11) is 4.31. The zero-order valence-corrected chi connectivity index (χ0v) is 19.6. The molecule has 180 valence electrons. The summed E-state index contributed by atoms with van der Waals surface area (Å²) in [5.74, 6) is -0.542. The summed E-state index contributed by atoms with van der Waals surface area (Å²) in [6.45, 7) is 3.76. The van der Waals surface area contributed by atoms with Gasteiger partial charge in [-0.2, -0.15) is 0 Å². The molecule has 0 aliphatic rings. The SMILES string of the molecule is COc1cc2oc(-c3cccc(C(=O)N[C@@H](CC(C)C)C(=O)O)c3)cc(=O)c2c(OC)c1OC. The average molecular weight is 469 g/mol. The maximum Gasteiger partial charge on any atom is 0.326 e. The van der Waals surface area contributed by atoms with Crippen LogP contribution in [0.5, 0.6) is 17.2 Å². The molecule has 0 bridgehead atoms. The van der Waals surface area contributed by atoms with Crippen molar-refractivity contribution in [3.63, 3.8) is 0 Å². The van der Waals surface area contributed by atoms with Crippen molar-refractivity contribution in [3.8, 4) is 28.6 Å². The van der Waals surface area contributed by atoms with E-state index in [1.807, 2.05) is 13.8 Å². The second-order valence-corrected chi connectivity index (χ2v) is 8.07. The van der Waals surface area contributed by atoms with Gasteiger partial charge in [-0.05, 0) is 24.5 Å². The Balaban J connectivity index is 2.04. The number of ether oxygens (including phenoxy) is 3. The molecule has 0 saturated carbocycles. The number of rotatable bonds is 9. The van der Waals surface area contributed by atoms with Crippen LogP contribution in [0.4, 0.5) is 0 Å². The lowest BCUT2D eigenvalue weighted by atomic mass is 10.0. The first kappa shape index (κ1) is 24.6. The Morgan fingerprint density at radius 1 is 1.03 bits per heavy atom. The van der Waals surface area contributed by atoms with Gasteiger partial charge in [0.05, 0.1) is 21.3 Å². The summed E-state index contributed by atoms with van der Waals surface area (Å²) in [6.07, 6.45) is 0.299. The number of carboxylic acids is 1. The van der Waals surface area contributed by atoms with Crippen LogP contribution in [-0.2, 0) is 4.79 Å². The fourth-order valence-electron chi connectivity index (χ4n) is 3.68. The van der Waals surface area contributed by atoms with Gasteiger partial charge in [0.25, 0.3) is 5.91 Å². The van der Waals surface area contributed by atoms with Crippen molar-refractivity contribution < 1.29 is 33.3 Å². The predicted octanol–water partition coefficient (Wildman–Crippen LogP) is 3.71.